The molecule has 0 radical (unpaired) electrons. The molecule has 0 spiro atoms. The van der Waals surface area contributed by atoms with E-state index >= 15 is 0 Å². The number of aryl methyl sites for hydroxylation is 1. The van der Waals surface area contributed by atoms with Crippen LogP contribution in [0.25, 0.3) is 0 Å². The monoisotopic (exact) mass is 238 g/mol. The first-order chi connectivity index (χ1) is 5.31. The van der Waals surface area contributed by atoms with Gasteiger partial charge in [0.2, 0.25) is 0 Å². The van der Waals surface area contributed by atoms with E-state index in [0.29, 0.717) is 0 Å². The standard InChI is InChI=1S/C7H7.C4H9.Al.ClH.Mg.3H/c1-7-5-3-2-4-6-7;1-3-4-2;;;;;;/h3-6H,1H3;1,3-4H2,2H3;;1H;;;;/q2*-1;;;+2;;;. The van der Waals surface area contributed by atoms with Crippen molar-refractivity contribution in [2.75, 3.05) is 0 Å². The first-order valence-electron chi connectivity index (χ1n) is 4.03. The molecule has 0 aromatic heterocycles. The number of unbranched alkanes of at least 4 members (excludes halogenated alkanes) is 1. The van der Waals surface area contributed by atoms with Crippen LogP contribution in [-0.4, -0.2) is 40.4 Å². The van der Waals surface area contributed by atoms with Gasteiger partial charge in [-0.1, -0.05) is 20.3 Å². The van der Waals surface area contributed by atoms with Crippen molar-refractivity contribution >= 4 is 52.8 Å². The Bertz CT molecular complexity index is 166. The van der Waals surface area contributed by atoms with Gasteiger partial charge < -0.3 is 6.92 Å². The van der Waals surface area contributed by atoms with Crippen LogP contribution in [0.5, 0.6) is 0 Å². The Hall–Kier alpha value is 0.809. The summed E-state index contributed by atoms with van der Waals surface area (Å²) in [5.74, 6) is 0. The molecule has 0 saturated carbocycles. The molecule has 0 unspecified atom stereocenters. The summed E-state index contributed by atoms with van der Waals surface area (Å²) in [5.41, 5.74) is 1.29. The van der Waals surface area contributed by atoms with Crippen LogP contribution < -0.4 is 0 Å². The first kappa shape index (κ1) is 24.2. The summed E-state index contributed by atoms with van der Waals surface area (Å²) in [6.07, 6.45) is 2.28. The van der Waals surface area contributed by atoms with Crippen molar-refractivity contribution in [3.63, 3.8) is 0 Å². The minimum atomic E-state index is 0. The molecule has 3 heteroatoms. The van der Waals surface area contributed by atoms with Crippen LogP contribution in [0.2, 0.25) is 0 Å². The Morgan fingerprint density at radius 3 is 1.79 bits per heavy atom. The number of hydrogen-bond donors (Lipinski definition) is 0. The van der Waals surface area contributed by atoms with Gasteiger partial charge in [0.15, 0.2) is 17.4 Å². The van der Waals surface area contributed by atoms with Crippen LogP contribution >= 0.6 is 12.4 Å². The Kier molecular flexibility index (Phi) is 33.5. The Morgan fingerprint density at radius 2 is 1.64 bits per heavy atom. The fraction of sp³-hybridized carbons (Fsp3) is 0.364. The fourth-order valence-electron chi connectivity index (χ4n) is 0.470. The zero-order valence-electron chi connectivity index (χ0n) is 8.55. The average molecular weight is 239 g/mol. The Labute approximate surface area is 122 Å². The van der Waals surface area contributed by atoms with Crippen molar-refractivity contribution in [3.8, 4) is 0 Å². The molecule has 14 heavy (non-hydrogen) atoms. The quantitative estimate of drug-likeness (QED) is 0.521. The second-order valence-corrected chi connectivity index (χ2v) is 2.43. The minimum absolute atomic E-state index is 0. The third-order valence-electron chi connectivity index (χ3n) is 1.24. The van der Waals surface area contributed by atoms with Crippen LogP contribution in [-0.2, 0) is 0 Å². The van der Waals surface area contributed by atoms with Gasteiger partial charge in [-0.05, 0) is 0 Å². The van der Waals surface area contributed by atoms with E-state index in [0.717, 1.165) is 6.42 Å². The summed E-state index contributed by atoms with van der Waals surface area (Å²) < 4.78 is 0. The van der Waals surface area contributed by atoms with Gasteiger partial charge in [-0.3, -0.25) is 0 Å². The van der Waals surface area contributed by atoms with Crippen molar-refractivity contribution in [1.29, 1.82) is 0 Å². The van der Waals surface area contributed by atoms with E-state index in [1.807, 2.05) is 24.3 Å². The van der Waals surface area contributed by atoms with Crippen molar-refractivity contribution < 1.29 is 0 Å². The van der Waals surface area contributed by atoms with Gasteiger partial charge in [-0.15, -0.1) is 12.4 Å². The van der Waals surface area contributed by atoms with Crippen molar-refractivity contribution in [3.05, 3.63) is 42.8 Å². The largest absolute Gasteiger partial charge is 2.00 e. The van der Waals surface area contributed by atoms with E-state index in [2.05, 4.69) is 26.8 Å². The van der Waals surface area contributed by atoms with E-state index in [-0.39, 0.29) is 52.8 Å². The van der Waals surface area contributed by atoms with Crippen LogP contribution in [0, 0.1) is 19.9 Å². The summed E-state index contributed by atoms with van der Waals surface area (Å²) >= 11 is 0. The topological polar surface area (TPSA) is 0 Å². The maximum absolute atomic E-state index is 3.60. The molecule has 0 saturated heterocycles. The van der Waals surface area contributed by atoms with Gasteiger partial charge in [-0.25, -0.2) is 0 Å². The third kappa shape index (κ3) is 18.6. The molecule has 0 atom stereocenters. The Balaban J connectivity index is -0.0000000650. The predicted molar refractivity (Wildman–Crippen MR) is 73.2 cm³/mol. The predicted octanol–water partition coefficient (Wildman–Crippen LogP) is 2.27. The summed E-state index contributed by atoms with van der Waals surface area (Å²) in [7, 11) is 0. The number of halogens is 1. The average Bonchev–Trinajstić information content (AvgIpc) is 2.07. The molecule has 0 heterocycles. The molecule has 0 aliphatic rings. The maximum Gasteiger partial charge on any atom is 2.00 e. The van der Waals surface area contributed by atoms with Gasteiger partial charge in [0, 0.05) is 0 Å². The zero-order chi connectivity index (χ0) is 8.53. The van der Waals surface area contributed by atoms with Gasteiger partial charge in [0.05, 0.1) is 0 Å². The molecule has 0 nitrogen and oxygen atoms in total. The number of hydrogen-bond acceptors (Lipinski definition) is 0. The molecular formula is C11H20AlClMg. The molecule has 76 valence electrons. The molecule has 1 aromatic carbocycles. The summed E-state index contributed by atoms with van der Waals surface area (Å²) in [4.78, 5) is 0. The van der Waals surface area contributed by atoms with Crippen molar-refractivity contribution in [2.45, 2.75) is 26.7 Å². The Morgan fingerprint density at radius 1 is 1.29 bits per heavy atom. The van der Waals surface area contributed by atoms with Crippen LogP contribution in [0.3, 0.4) is 0 Å². The SMILES string of the molecule is Cc1cc[c-]cc1.Cl.[AlH3].[CH2-]CCC.[Mg+2]. The molecule has 0 bridgehead atoms. The number of rotatable bonds is 1. The van der Waals surface area contributed by atoms with Gasteiger partial charge in [0.25, 0.3) is 0 Å². The normalized spacial score (nSPS) is 6.50. The molecule has 0 N–H and O–H groups in total. The second-order valence-electron chi connectivity index (χ2n) is 2.43. The fourth-order valence-corrected chi connectivity index (χ4v) is 0.470. The molecule has 1 rings (SSSR count). The van der Waals surface area contributed by atoms with E-state index in [1.165, 1.54) is 12.0 Å². The molecule has 0 aliphatic carbocycles. The van der Waals surface area contributed by atoms with Crippen LogP contribution in [0.4, 0.5) is 0 Å². The summed E-state index contributed by atoms with van der Waals surface area (Å²) in [5, 5.41) is 0. The van der Waals surface area contributed by atoms with Crippen LogP contribution in [0.1, 0.15) is 25.3 Å². The van der Waals surface area contributed by atoms with Crippen LogP contribution in [0.15, 0.2) is 24.3 Å². The van der Waals surface area contributed by atoms with Gasteiger partial charge in [-0.2, -0.15) is 42.3 Å². The molecule has 0 amide bonds. The summed E-state index contributed by atoms with van der Waals surface area (Å²) in [6, 6.07) is 10.8. The zero-order valence-corrected chi connectivity index (χ0v) is 10.8. The van der Waals surface area contributed by atoms with Crippen molar-refractivity contribution in [2.24, 2.45) is 0 Å². The van der Waals surface area contributed by atoms with E-state index in [9.17, 15) is 0 Å². The third-order valence-corrected chi connectivity index (χ3v) is 1.24. The first-order valence-corrected chi connectivity index (χ1v) is 4.03. The molecule has 1 aromatic rings. The molecular weight excluding hydrogens is 219 g/mol. The number of benzene rings is 1. The molecule has 0 fully saturated rings. The minimum Gasteiger partial charge on any atom is -0.343 e. The van der Waals surface area contributed by atoms with E-state index < -0.39 is 0 Å². The summed E-state index contributed by atoms with van der Waals surface area (Å²) in [6.45, 7) is 7.79. The van der Waals surface area contributed by atoms with Gasteiger partial charge in [0.1, 0.15) is 0 Å². The van der Waals surface area contributed by atoms with E-state index in [4.69, 9.17) is 0 Å². The van der Waals surface area contributed by atoms with E-state index in [1.54, 1.807) is 0 Å². The second kappa shape index (κ2) is 19.4. The maximum atomic E-state index is 3.60. The smallest absolute Gasteiger partial charge is 0.343 e. The van der Waals surface area contributed by atoms with Gasteiger partial charge >= 0.3 is 23.1 Å². The van der Waals surface area contributed by atoms with Crippen molar-refractivity contribution in [1.82, 2.24) is 0 Å². The molecule has 0 aliphatic heterocycles.